The topological polar surface area (TPSA) is 46.9 Å². The van der Waals surface area contributed by atoms with Gasteiger partial charge in [-0.1, -0.05) is 0 Å². The van der Waals surface area contributed by atoms with Crippen molar-refractivity contribution < 1.29 is 4.79 Å². The van der Waals surface area contributed by atoms with Crippen LogP contribution in [-0.2, 0) is 11.8 Å². The Morgan fingerprint density at radius 2 is 2.67 bits per heavy atom. The molecule has 0 aromatic carbocycles. The van der Waals surface area contributed by atoms with E-state index in [2.05, 4.69) is 10.3 Å². The lowest BCUT2D eigenvalue weighted by Gasteiger charge is -1.85. The van der Waals surface area contributed by atoms with Gasteiger partial charge in [-0.05, 0) is 0 Å². The molecule has 0 spiro atoms. The highest BCUT2D eigenvalue weighted by atomic mass is 16.1. The van der Waals surface area contributed by atoms with Gasteiger partial charge in [-0.2, -0.15) is 0 Å². The number of imidazole rings is 1. The molecule has 1 aromatic heterocycles. The number of rotatable bonds is 2. The predicted molar refractivity (Wildman–Crippen MR) is 32.9 cm³/mol. The van der Waals surface area contributed by atoms with Crippen molar-refractivity contribution in [2.75, 3.05) is 5.32 Å². The van der Waals surface area contributed by atoms with Crippen molar-refractivity contribution in [3.63, 3.8) is 0 Å². The first kappa shape index (κ1) is 5.81. The first-order chi connectivity index (χ1) is 4.33. The zero-order chi connectivity index (χ0) is 6.69. The van der Waals surface area contributed by atoms with Crippen LogP contribution >= 0.6 is 0 Å². The Hall–Kier alpha value is -1.32. The molecule has 0 fully saturated rings. The summed E-state index contributed by atoms with van der Waals surface area (Å²) in [5.74, 6) is 0.576. The van der Waals surface area contributed by atoms with Crippen LogP contribution in [0.15, 0.2) is 12.5 Å². The normalized spacial score (nSPS) is 9.00. The van der Waals surface area contributed by atoms with Crippen molar-refractivity contribution in [2.45, 2.75) is 0 Å². The molecule has 0 atom stereocenters. The Labute approximate surface area is 52.5 Å². The minimum absolute atomic E-state index is 0.576. The van der Waals surface area contributed by atoms with E-state index in [0.717, 1.165) is 0 Å². The highest BCUT2D eigenvalue weighted by Crippen LogP contribution is 1.97. The SMILES string of the molecule is Cn1cnc(NC=O)c1. The molecule has 1 rings (SSSR count). The van der Waals surface area contributed by atoms with E-state index < -0.39 is 0 Å². The molecule has 1 aromatic rings. The van der Waals surface area contributed by atoms with Crippen molar-refractivity contribution in [2.24, 2.45) is 7.05 Å². The third-order valence-electron chi connectivity index (χ3n) is 0.912. The predicted octanol–water partition coefficient (Wildman–Crippen LogP) is -0.0116. The fraction of sp³-hybridized carbons (Fsp3) is 0.200. The maximum absolute atomic E-state index is 9.82. The molecule has 48 valence electrons. The molecule has 1 N–H and O–H groups in total. The van der Waals surface area contributed by atoms with Crippen LogP contribution in [0.4, 0.5) is 5.82 Å². The van der Waals surface area contributed by atoms with Gasteiger partial charge in [0.15, 0.2) is 5.82 Å². The number of carbonyl (C=O) groups is 1. The molecular formula is C5H7N3O. The second-order valence-corrected chi connectivity index (χ2v) is 1.69. The number of aryl methyl sites for hydroxylation is 1. The summed E-state index contributed by atoms with van der Waals surface area (Å²) >= 11 is 0. The molecule has 0 radical (unpaired) electrons. The lowest BCUT2D eigenvalue weighted by atomic mass is 10.7. The second kappa shape index (κ2) is 2.30. The largest absolute Gasteiger partial charge is 0.338 e. The van der Waals surface area contributed by atoms with E-state index in [1.807, 2.05) is 7.05 Å². The quantitative estimate of drug-likeness (QED) is 0.565. The molecule has 0 aliphatic rings. The maximum atomic E-state index is 9.82. The van der Waals surface area contributed by atoms with E-state index in [4.69, 9.17) is 0 Å². The van der Waals surface area contributed by atoms with Gasteiger partial charge in [-0.25, -0.2) is 4.98 Å². The third kappa shape index (κ3) is 1.28. The van der Waals surface area contributed by atoms with Gasteiger partial charge in [0.2, 0.25) is 6.41 Å². The van der Waals surface area contributed by atoms with E-state index in [1.54, 1.807) is 17.1 Å². The Kier molecular flexibility index (Phi) is 1.48. The first-order valence-electron chi connectivity index (χ1n) is 2.51. The second-order valence-electron chi connectivity index (χ2n) is 1.69. The number of carbonyl (C=O) groups excluding carboxylic acids is 1. The molecule has 4 heteroatoms. The summed E-state index contributed by atoms with van der Waals surface area (Å²) < 4.78 is 1.76. The van der Waals surface area contributed by atoms with Crippen LogP contribution in [0.25, 0.3) is 0 Å². The van der Waals surface area contributed by atoms with E-state index in [1.165, 1.54) is 0 Å². The standard InChI is InChI=1S/C5H7N3O/c1-8-2-5(6-3-8)7-4-9/h2-4H,1H3,(H,7,9). The highest BCUT2D eigenvalue weighted by Gasteiger charge is 1.89. The van der Waals surface area contributed by atoms with Crippen LogP contribution in [0.3, 0.4) is 0 Å². The Morgan fingerprint density at radius 1 is 1.89 bits per heavy atom. The zero-order valence-electron chi connectivity index (χ0n) is 5.03. The molecule has 0 unspecified atom stereocenters. The summed E-state index contributed by atoms with van der Waals surface area (Å²) in [7, 11) is 1.84. The van der Waals surface area contributed by atoms with Gasteiger partial charge in [0.25, 0.3) is 0 Å². The number of anilines is 1. The summed E-state index contributed by atoms with van der Waals surface area (Å²) in [6.07, 6.45) is 3.93. The van der Waals surface area contributed by atoms with Gasteiger partial charge in [0.05, 0.1) is 6.33 Å². The molecule has 0 saturated heterocycles. The van der Waals surface area contributed by atoms with Crippen LogP contribution in [0, 0.1) is 0 Å². The van der Waals surface area contributed by atoms with Crippen LogP contribution in [-0.4, -0.2) is 16.0 Å². The van der Waals surface area contributed by atoms with Gasteiger partial charge in [-0.15, -0.1) is 0 Å². The van der Waals surface area contributed by atoms with E-state index >= 15 is 0 Å². The summed E-state index contributed by atoms with van der Waals surface area (Å²) in [4.78, 5) is 13.6. The highest BCUT2D eigenvalue weighted by molar-refractivity contribution is 5.68. The van der Waals surface area contributed by atoms with E-state index in [-0.39, 0.29) is 0 Å². The minimum atomic E-state index is 0.576. The molecule has 0 aliphatic carbocycles. The molecule has 0 saturated carbocycles. The van der Waals surface area contributed by atoms with Gasteiger partial charge < -0.3 is 9.88 Å². The number of nitrogens with one attached hydrogen (secondary N) is 1. The van der Waals surface area contributed by atoms with E-state index in [9.17, 15) is 4.79 Å². The number of aromatic nitrogens is 2. The van der Waals surface area contributed by atoms with Crippen molar-refractivity contribution in [1.29, 1.82) is 0 Å². The summed E-state index contributed by atoms with van der Waals surface area (Å²) in [5.41, 5.74) is 0. The fourth-order valence-electron chi connectivity index (χ4n) is 0.548. The zero-order valence-corrected chi connectivity index (χ0v) is 5.03. The van der Waals surface area contributed by atoms with E-state index in [0.29, 0.717) is 12.2 Å². The smallest absolute Gasteiger partial charge is 0.212 e. The maximum Gasteiger partial charge on any atom is 0.212 e. The lowest BCUT2D eigenvalue weighted by molar-refractivity contribution is -0.105. The summed E-state index contributed by atoms with van der Waals surface area (Å²) in [6, 6.07) is 0. The van der Waals surface area contributed by atoms with Gasteiger partial charge in [0.1, 0.15) is 0 Å². The van der Waals surface area contributed by atoms with Crippen LogP contribution in [0.2, 0.25) is 0 Å². The minimum Gasteiger partial charge on any atom is -0.338 e. The lowest BCUT2D eigenvalue weighted by Crippen LogP contribution is -1.92. The average molecular weight is 125 g/mol. The first-order valence-corrected chi connectivity index (χ1v) is 2.51. The fourth-order valence-corrected chi connectivity index (χ4v) is 0.548. The summed E-state index contributed by atoms with van der Waals surface area (Å²) in [5, 5.41) is 2.42. The van der Waals surface area contributed by atoms with Crippen molar-refractivity contribution in [3.8, 4) is 0 Å². The number of amides is 1. The Bertz CT molecular complexity index is 206. The van der Waals surface area contributed by atoms with Crippen LogP contribution < -0.4 is 5.32 Å². The Morgan fingerprint density at radius 3 is 3.11 bits per heavy atom. The molecular weight excluding hydrogens is 118 g/mol. The monoisotopic (exact) mass is 125 g/mol. The molecule has 9 heavy (non-hydrogen) atoms. The third-order valence-corrected chi connectivity index (χ3v) is 0.912. The van der Waals surface area contributed by atoms with Crippen LogP contribution in [0.5, 0.6) is 0 Å². The van der Waals surface area contributed by atoms with Gasteiger partial charge in [-0.3, -0.25) is 4.79 Å². The molecule has 0 bridgehead atoms. The number of hydrogen-bond donors (Lipinski definition) is 1. The van der Waals surface area contributed by atoms with Crippen molar-refractivity contribution in [3.05, 3.63) is 12.5 Å². The van der Waals surface area contributed by atoms with Gasteiger partial charge in [0, 0.05) is 13.2 Å². The molecule has 1 heterocycles. The summed E-state index contributed by atoms with van der Waals surface area (Å²) in [6.45, 7) is 0. The average Bonchev–Trinajstić information content (AvgIpc) is 2.17. The molecule has 4 nitrogen and oxygen atoms in total. The van der Waals surface area contributed by atoms with Gasteiger partial charge >= 0.3 is 0 Å². The number of nitrogens with zero attached hydrogens (tertiary/aromatic N) is 2. The Balaban J connectivity index is 2.72. The van der Waals surface area contributed by atoms with Crippen molar-refractivity contribution in [1.82, 2.24) is 9.55 Å². The molecule has 0 aliphatic heterocycles. The van der Waals surface area contributed by atoms with Crippen molar-refractivity contribution >= 4 is 12.2 Å². The molecule has 1 amide bonds. The number of hydrogen-bond acceptors (Lipinski definition) is 2. The van der Waals surface area contributed by atoms with Crippen LogP contribution in [0.1, 0.15) is 0 Å².